The van der Waals surface area contributed by atoms with Gasteiger partial charge < -0.3 is 0 Å². The fraction of sp³-hybridized carbons (Fsp3) is 0.667. The molecule has 0 aliphatic rings. The second-order valence-corrected chi connectivity index (χ2v) is 8.34. The van der Waals surface area contributed by atoms with Gasteiger partial charge in [-0.3, -0.25) is 0 Å². The summed E-state index contributed by atoms with van der Waals surface area (Å²) in [7, 11) is 0.759. The number of hydrogen-bond donors (Lipinski definition) is 0. The van der Waals surface area contributed by atoms with Gasteiger partial charge in [0.2, 0.25) is 0 Å². The molecule has 1 radical (unpaired) electrons. The summed E-state index contributed by atoms with van der Waals surface area (Å²) in [6.07, 6.45) is 1.50. The Morgan fingerprint density at radius 2 is 0.929 bits per heavy atom. The van der Waals surface area contributed by atoms with E-state index in [0.29, 0.717) is 35.6 Å². The third-order valence-electron chi connectivity index (χ3n) is 0. The molecule has 0 bridgehead atoms. The summed E-state index contributed by atoms with van der Waals surface area (Å²) in [5.74, 6) is 0. The van der Waals surface area contributed by atoms with Gasteiger partial charge in [-0.25, -0.2) is 0 Å². The fourth-order valence-corrected chi connectivity index (χ4v) is 0. The molecular formula is C9H24ClOP2W. The Balaban J connectivity index is -0.0000000260. The van der Waals surface area contributed by atoms with Crippen LogP contribution < -0.4 is 0 Å². The van der Waals surface area contributed by atoms with Crippen LogP contribution in [0.25, 0.3) is 0 Å². The number of hydrogen-bond acceptors (Lipinski definition) is 1. The molecule has 0 amide bonds. The normalized spacial score (nSPS) is 6.36. The Hall–Kier alpha value is 1.38. The predicted octanol–water partition coefficient (Wildman–Crippen LogP) is 4.02. The van der Waals surface area contributed by atoms with Gasteiger partial charge in [-0.2, -0.15) is 0 Å². The zero-order valence-electron chi connectivity index (χ0n) is 10.1. The quantitative estimate of drug-likeness (QED) is 0.532. The van der Waals surface area contributed by atoms with Crippen LogP contribution in [0.1, 0.15) is 0 Å². The standard InChI is InChI=1S/2C3H9P.C3H5.ClH.O.W/c2*1-4(2)3;1-3-2;;;/h2*1-3H3;3H,1-2H2;1H;;. The Labute approximate surface area is 111 Å². The summed E-state index contributed by atoms with van der Waals surface area (Å²) < 4.78 is 8.33. The number of rotatable bonds is 0. The third-order valence-corrected chi connectivity index (χ3v) is 0. The monoisotopic (exact) mass is 429 g/mol. The van der Waals surface area contributed by atoms with Crippen molar-refractivity contribution in [3.8, 4) is 0 Å². The van der Waals surface area contributed by atoms with Crippen LogP contribution in [0.3, 0.4) is 0 Å². The van der Waals surface area contributed by atoms with Crippen LogP contribution in [0.2, 0.25) is 0 Å². The van der Waals surface area contributed by atoms with Crippen LogP contribution in [0.5, 0.6) is 0 Å². The van der Waals surface area contributed by atoms with Crippen LogP contribution in [-0.2, 0) is 23.2 Å². The molecule has 0 aliphatic heterocycles. The molecule has 0 aromatic heterocycles. The van der Waals surface area contributed by atoms with Gasteiger partial charge in [-0.15, -0.1) is 34.8 Å². The van der Waals surface area contributed by atoms with Gasteiger partial charge in [0, 0.05) is 0 Å². The van der Waals surface area contributed by atoms with E-state index >= 15 is 0 Å². The summed E-state index contributed by atoms with van der Waals surface area (Å²) in [6.45, 7) is 19.9. The van der Waals surface area contributed by atoms with E-state index in [1.54, 1.807) is 0 Å². The van der Waals surface area contributed by atoms with Gasteiger partial charge in [0.1, 0.15) is 0 Å². The Kier molecular flexibility index (Phi) is 77.3. The van der Waals surface area contributed by atoms with Gasteiger partial charge >= 0.3 is 23.2 Å². The molecule has 14 heavy (non-hydrogen) atoms. The summed E-state index contributed by atoms with van der Waals surface area (Å²) in [5.41, 5.74) is 0. The molecule has 0 spiro atoms. The van der Waals surface area contributed by atoms with Crippen molar-refractivity contribution >= 4 is 28.3 Å². The molecule has 0 unspecified atom stereocenters. The molecule has 0 saturated heterocycles. The van der Waals surface area contributed by atoms with Gasteiger partial charge in [-0.05, 0) is 46.9 Å². The SMILES string of the molecule is CP(C)C.CP(C)C.Cl.[CH2]C=C.[O]=[W]. The molecule has 5 heteroatoms. The molecule has 0 N–H and O–H groups in total. The van der Waals surface area contributed by atoms with Crippen molar-refractivity contribution in [2.45, 2.75) is 0 Å². The first-order valence-electron chi connectivity index (χ1n) is 3.67. The molecular weight excluding hydrogens is 405 g/mol. The molecule has 0 heterocycles. The average molecular weight is 430 g/mol. The first kappa shape index (κ1) is 29.5. The van der Waals surface area contributed by atoms with Crippen LogP contribution in [-0.4, -0.2) is 40.0 Å². The van der Waals surface area contributed by atoms with E-state index in [4.69, 9.17) is 3.40 Å². The minimum atomic E-state index is 0. The van der Waals surface area contributed by atoms with Crippen LogP contribution in [0.15, 0.2) is 12.7 Å². The summed E-state index contributed by atoms with van der Waals surface area (Å²) in [6, 6.07) is 0. The fourth-order valence-electron chi connectivity index (χ4n) is 0. The number of halogens is 1. The van der Waals surface area contributed by atoms with Crippen LogP contribution in [0.4, 0.5) is 0 Å². The molecule has 0 aromatic rings. The molecule has 0 aromatic carbocycles. The van der Waals surface area contributed by atoms with E-state index in [0.717, 1.165) is 0 Å². The van der Waals surface area contributed by atoms with Gasteiger partial charge in [-0.1, -0.05) is 6.08 Å². The summed E-state index contributed by atoms with van der Waals surface area (Å²) in [5, 5.41) is 0. The van der Waals surface area contributed by atoms with Gasteiger partial charge in [0.25, 0.3) is 0 Å². The first-order chi connectivity index (χ1) is 5.88. The average Bonchev–Trinajstić information content (AvgIpc) is 1.89. The molecule has 0 rings (SSSR count). The van der Waals surface area contributed by atoms with Crippen molar-refractivity contribution in [2.75, 3.05) is 40.0 Å². The van der Waals surface area contributed by atoms with Gasteiger partial charge in [0.15, 0.2) is 0 Å². The molecule has 0 atom stereocenters. The maximum atomic E-state index is 8.33. The van der Waals surface area contributed by atoms with E-state index in [2.05, 4.69) is 53.5 Å². The second-order valence-electron chi connectivity index (χ2n) is 2.97. The van der Waals surface area contributed by atoms with E-state index in [1.807, 2.05) is 0 Å². The predicted molar refractivity (Wildman–Crippen MR) is 72.9 cm³/mol. The van der Waals surface area contributed by atoms with Crippen molar-refractivity contribution in [2.24, 2.45) is 0 Å². The molecule has 0 saturated carbocycles. The van der Waals surface area contributed by atoms with Crippen molar-refractivity contribution in [3.05, 3.63) is 19.6 Å². The maximum absolute atomic E-state index is 8.33. The third kappa shape index (κ3) is 1080. The first-order valence-corrected chi connectivity index (χ1v) is 10.2. The zero-order chi connectivity index (χ0) is 11.9. The minimum absolute atomic E-state index is 0. The van der Waals surface area contributed by atoms with Crippen molar-refractivity contribution in [1.29, 1.82) is 0 Å². The van der Waals surface area contributed by atoms with Crippen molar-refractivity contribution in [3.63, 3.8) is 0 Å². The molecule has 0 aliphatic carbocycles. The van der Waals surface area contributed by atoms with E-state index in [-0.39, 0.29) is 12.4 Å². The zero-order valence-corrected chi connectivity index (χ0v) is 15.6. The van der Waals surface area contributed by atoms with Gasteiger partial charge in [0.05, 0.1) is 0 Å². The Morgan fingerprint density at radius 3 is 0.929 bits per heavy atom. The Bertz CT molecular complexity index is 71.7. The van der Waals surface area contributed by atoms with E-state index in [9.17, 15) is 0 Å². The van der Waals surface area contributed by atoms with Crippen LogP contribution in [0, 0.1) is 6.92 Å². The number of allylic oxidation sites excluding steroid dienone is 1. The molecule has 0 fully saturated rings. The summed E-state index contributed by atoms with van der Waals surface area (Å²) >= 11 is 0.333. The van der Waals surface area contributed by atoms with Crippen molar-refractivity contribution in [1.82, 2.24) is 0 Å². The van der Waals surface area contributed by atoms with Crippen LogP contribution >= 0.6 is 28.3 Å². The summed E-state index contributed by atoms with van der Waals surface area (Å²) in [4.78, 5) is 0. The Morgan fingerprint density at radius 1 is 0.929 bits per heavy atom. The topological polar surface area (TPSA) is 17.1 Å². The molecule has 89 valence electrons. The van der Waals surface area contributed by atoms with E-state index in [1.165, 1.54) is 6.08 Å². The van der Waals surface area contributed by atoms with E-state index < -0.39 is 0 Å². The molecule has 1 nitrogen and oxygen atoms in total. The van der Waals surface area contributed by atoms with Crippen molar-refractivity contribution < 1.29 is 23.2 Å². The second kappa shape index (κ2) is 36.7.